The lowest BCUT2D eigenvalue weighted by Crippen LogP contribution is -2.45. The third-order valence-electron chi connectivity index (χ3n) is 5.80. The maximum absolute atomic E-state index is 12.5. The summed E-state index contributed by atoms with van der Waals surface area (Å²) < 4.78 is 0. The van der Waals surface area contributed by atoms with Gasteiger partial charge in [-0.25, -0.2) is 0 Å². The summed E-state index contributed by atoms with van der Waals surface area (Å²) in [6, 6.07) is 7.97. The van der Waals surface area contributed by atoms with Crippen LogP contribution in [0.5, 0.6) is 0 Å². The van der Waals surface area contributed by atoms with Crippen LogP contribution in [0.4, 0.5) is 0 Å². The van der Waals surface area contributed by atoms with Crippen LogP contribution in [-0.4, -0.2) is 11.8 Å². The van der Waals surface area contributed by atoms with Gasteiger partial charge in [-0.2, -0.15) is 5.26 Å². The molecule has 5 heteroatoms. The number of rotatable bonds is 12. The van der Waals surface area contributed by atoms with E-state index in [9.17, 15) is 9.59 Å². The van der Waals surface area contributed by atoms with Gasteiger partial charge in [0, 0.05) is 5.56 Å². The van der Waals surface area contributed by atoms with Gasteiger partial charge in [-0.05, 0) is 49.8 Å². The summed E-state index contributed by atoms with van der Waals surface area (Å²) in [5.74, 6) is -0.754. The number of carbonyl (C=O) groups is 2. The maximum atomic E-state index is 12.5. The highest BCUT2D eigenvalue weighted by molar-refractivity contribution is 5.98. The molecule has 1 aromatic carbocycles. The van der Waals surface area contributed by atoms with Gasteiger partial charge in [0.1, 0.15) is 5.41 Å². The summed E-state index contributed by atoms with van der Waals surface area (Å²) in [7, 11) is 0. The maximum Gasteiger partial charge on any atom is 0.269 e. The number of hydrogen-bond donors (Lipinski definition) is 2. The number of nitrogens with zero attached hydrogens (tertiary/aromatic N) is 1. The molecule has 1 saturated carbocycles. The number of nitrogens with one attached hydrogen (secondary N) is 2. The zero-order chi connectivity index (χ0) is 21.1. The zero-order valence-electron chi connectivity index (χ0n) is 18.0. The lowest BCUT2D eigenvalue weighted by molar-refractivity contribution is -0.125. The lowest BCUT2D eigenvalue weighted by Gasteiger charge is -2.12. The minimum absolute atomic E-state index is 0.335. The molecule has 0 heterocycles. The molecule has 5 nitrogen and oxygen atoms in total. The number of hydrogen-bond acceptors (Lipinski definition) is 3. The van der Waals surface area contributed by atoms with Gasteiger partial charge in [0.15, 0.2) is 0 Å². The average molecular weight is 398 g/mol. The molecule has 0 aliphatic heterocycles. The largest absolute Gasteiger partial charge is 0.271 e. The van der Waals surface area contributed by atoms with Gasteiger partial charge < -0.3 is 0 Å². The molecular formula is C24H35N3O2. The quantitative estimate of drug-likeness (QED) is 0.379. The van der Waals surface area contributed by atoms with Gasteiger partial charge in [-0.15, -0.1) is 0 Å². The average Bonchev–Trinajstić information content (AvgIpc) is 3.53. The predicted molar refractivity (Wildman–Crippen MR) is 115 cm³/mol. The highest BCUT2D eigenvalue weighted by atomic mass is 16.2. The third kappa shape index (κ3) is 7.20. The third-order valence-corrected chi connectivity index (χ3v) is 5.80. The van der Waals surface area contributed by atoms with Crippen LogP contribution in [-0.2, 0) is 11.2 Å². The van der Waals surface area contributed by atoms with Crippen molar-refractivity contribution in [3.8, 4) is 6.07 Å². The molecule has 0 bridgehead atoms. The van der Waals surface area contributed by atoms with Crippen LogP contribution in [0, 0.1) is 23.7 Å². The highest BCUT2D eigenvalue weighted by Crippen LogP contribution is 2.44. The number of benzene rings is 1. The molecule has 2 amide bonds. The van der Waals surface area contributed by atoms with E-state index < -0.39 is 11.3 Å². The van der Waals surface area contributed by atoms with E-state index in [1.54, 1.807) is 0 Å². The number of hydrazine groups is 1. The van der Waals surface area contributed by atoms with Crippen LogP contribution in [0.1, 0.15) is 99.0 Å². The van der Waals surface area contributed by atoms with Crippen LogP contribution in [0.15, 0.2) is 18.2 Å². The van der Waals surface area contributed by atoms with Crippen LogP contribution in [0.2, 0.25) is 0 Å². The first-order chi connectivity index (χ1) is 14.0. The molecule has 29 heavy (non-hydrogen) atoms. The Morgan fingerprint density at radius 2 is 1.62 bits per heavy atom. The number of carbonyl (C=O) groups excluding carboxylic acids is 2. The number of aryl methyl sites for hydroxylation is 2. The van der Waals surface area contributed by atoms with Gasteiger partial charge in [0.2, 0.25) is 0 Å². The Hall–Kier alpha value is -2.35. The molecule has 0 unspecified atom stereocenters. The molecule has 158 valence electrons. The Morgan fingerprint density at radius 3 is 2.21 bits per heavy atom. The molecule has 0 aromatic heterocycles. The number of amides is 2. The SMILES string of the molecule is CCCCCCCCCCCc1ccc(C)c(C(=O)NNC(=O)C2(C#N)CC2)c1. The first-order valence-electron chi connectivity index (χ1n) is 11.1. The second kappa shape index (κ2) is 11.6. The fraction of sp³-hybridized carbons (Fsp3) is 0.625. The molecule has 2 N–H and O–H groups in total. The van der Waals surface area contributed by atoms with E-state index in [4.69, 9.17) is 5.26 Å². The molecule has 0 spiro atoms. The Bertz CT molecular complexity index is 732. The Labute approximate surface area is 175 Å². The van der Waals surface area contributed by atoms with Crippen molar-refractivity contribution in [1.82, 2.24) is 10.9 Å². The Kier molecular flexibility index (Phi) is 9.18. The van der Waals surface area contributed by atoms with E-state index in [1.807, 2.05) is 25.1 Å². The molecule has 1 fully saturated rings. The molecule has 0 saturated heterocycles. The van der Waals surface area contributed by atoms with Gasteiger partial charge in [0.05, 0.1) is 6.07 Å². The van der Waals surface area contributed by atoms with Crippen LogP contribution in [0.3, 0.4) is 0 Å². The lowest BCUT2D eigenvalue weighted by atomic mass is 9.99. The number of unbranched alkanes of at least 4 members (excludes halogenated alkanes) is 8. The summed E-state index contributed by atoms with van der Waals surface area (Å²) in [5, 5.41) is 9.05. The molecule has 0 radical (unpaired) electrons. The van der Waals surface area contributed by atoms with Crippen molar-refractivity contribution in [1.29, 1.82) is 5.26 Å². The van der Waals surface area contributed by atoms with Crippen molar-refractivity contribution in [2.45, 2.75) is 90.9 Å². The van der Waals surface area contributed by atoms with Gasteiger partial charge in [-0.1, -0.05) is 70.4 Å². The van der Waals surface area contributed by atoms with E-state index in [-0.39, 0.29) is 5.91 Å². The Balaban J connectivity index is 1.72. The van der Waals surface area contributed by atoms with E-state index >= 15 is 0 Å². The molecule has 0 atom stereocenters. The summed E-state index contributed by atoms with van der Waals surface area (Å²) in [6.07, 6.45) is 13.7. The van der Waals surface area contributed by atoms with Crippen molar-refractivity contribution in [3.63, 3.8) is 0 Å². The van der Waals surface area contributed by atoms with Crippen LogP contribution >= 0.6 is 0 Å². The van der Waals surface area contributed by atoms with E-state index in [0.717, 1.165) is 24.0 Å². The Morgan fingerprint density at radius 1 is 1.00 bits per heavy atom. The minimum atomic E-state index is -0.944. The topological polar surface area (TPSA) is 82.0 Å². The highest BCUT2D eigenvalue weighted by Gasteiger charge is 2.50. The van der Waals surface area contributed by atoms with Gasteiger partial charge >= 0.3 is 0 Å². The van der Waals surface area contributed by atoms with Gasteiger partial charge in [-0.3, -0.25) is 20.4 Å². The van der Waals surface area contributed by atoms with Crippen LogP contribution in [0.25, 0.3) is 0 Å². The fourth-order valence-corrected chi connectivity index (χ4v) is 3.52. The first kappa shape index (κ1) is 22.9. The standard InChI is InChI=1S/C24H35N3O2/c1-3-4-5-6-7-8-9-10-11-12-20-14-13-19(2)21(17-20)22(28)26-27-23(29)24(18-25)15-16-24/h13-14,17H,3-12,15-16H2,1-2H3,(H,26,28)(H,27,29). The van der Waals surface area contributed by atoms with E-state index in [2.05, 4.69) is 23.8 Å². The zero-order valence-corrected chi connectivity index (χ0v) is 18.0. The summed E-state index contributed by atoms with van der Waals surface area (Å²) in [6.45, 7) is 4.13. The summed E-state index contributed by atoms with van der Waals surface area (Å²) in [5.41, 5.74) is 6.51. The summed E-state index contributed by atoms with van der Waals surface area (Å²) >= 11 is 0. The van der Waals surface area contributed by atoms with Crippen molar-refractivity contribution in [2.75, 3.05) is 0 Å². The minimum Gasteiger partial charge on any atom is -0.271 e. The van der Waals surface area contributed by atoms with Crippen molar-refractivity contribution in [3.05, 3.63) is 34.9 Å². The molecule has 1 aromatic rings. The first-order valence-corrected chi connectivity index (χ1v) is 11.1. The van der Waals surface area contributed by atoms with Crippen molar-refractivity contribution >= 4 is 11.8 Å². The molecule has 1 aliphatic rings. The normalized spacial score (nSPS) is 14.1. The van der Waals surface area contributed by atoms with Crippen molar-refractivity contribution in [2.24, 2.45) is 5.41 Å². The molecule has 1 aliphatic carbocycles. The second-order valence-corrected chi connectivity index (χ2v) is 8.33. The van der Waals surface area contributed by atoms with E-state index in [0.29, 0.717) is 18.4 Å². The molecular weight excluding hydrogens is 362 g/mol. The fourth-order valence-electron chi connectivity index (χ4n) is 3.52. The smallest absolute Gasteiger partial charge is 0.269 e. The van der Waals surface area contributed by atoms with Crippen LogP contribution < -0.4 is 10.9 Å². The predicted octanol–water partition coefficient (Wildman–Crippen LogP) is 5.13. The van der Waals surface area contributed by atoms with Crippen molar-refractivity contribution < 1.29 is 9.59 Å². The van der Waals surface area contributed by atoms with Gasteiger partial charge in [0.25, 0.3) is 11.8 Å². The molecule has 2 rings (SSSR count). The summed E-state index contributed by atoms with van der Waals surface area (Å²) in [4.78, 5) is 24.5. The monoisotopic (exact) mass is 397 g/mol. The van der Waals surface area contributed by atoms with E-state index in [1.165, 1.54) is 51.4 Å². The number of nitriles is 1. The second-order valence-electron chi connectivity index (χ2n) is 8.33.